The van der Waals surface area contributed by atoms with Crippen molar-refractivity contribution in [3.63, 3.8) is 0 Å². The number of amides is 2. The Labute approximate surface area is 143 Å². The molecule has 0 aliphatic carbocycles. The molecule has 0 bridgehead atoms. The van der Waals surface area contributed by atoms with Gasteiger partial charge in [0.25, 0.3) is 0 Å². The summed E-state index contributed by atoms with van der Waals surface area (Å²) in [6.45, 7) is 0.566. The lowest BCUT2D eigenvalue weighted by Gasteiger charge is -2.33. The molecule has 1 aliphatic rings. The summed E-state index contributed by atoms with van der Waals surface area (Å²) in [5, 5.41) is 12.1. The monoisotopic (exact) mass is 346 g/mol. The molecule has 0 unspecified atom stereocenters. The average molecular weight is 346 g/mol. The topological polar surface area (TPSA) is 107 Å². The molecule has 126 valence electrons. The van der Waals surface area contributed by atoms with Gasteiger partial charge in [-0.1, -0.05) is 30.0 Å². The van der Waals surface area contributed by atoms with Gasteiger partial charge in [-0.15, -0.1) is 5.10 Å². The number of piperidine rings is 1. The molecule has 0 saturated carbocycles. The number of carbonyl (C=O) groups excluding carboxylic acids is 2. The third-order valence-electron chi connectivity index (χ3n) is 3.92. The molecule has 2 heterocycles. The lowest BCUT2D eigenvalue weighted by Crippen LogP contribution is -2.51. The fourth-order valence-corrected chi connectivity index (χ4v) is 3.51. The lowest BCUT2D eigenvalue weighted by atomic mass is 10.0. The standard InChI is InChI=1S/C15H18N6O2S/c16-14(23)12-8-4-5-9-20(12)13(22)10-24-15-17-18-19-21(15)11-6-2-1-3-7-11/h1-3,6-7,12H,4-5,8-10H2,(H2,16,23)/t12-/m0/s1. The van der Waals surface area contributed by atoms with Crippen molar-refractivity contribution < 1.29 is 9.59 Å². The van der Waals surface area contributed by atoms with Crippen LogP contribution in [-0.4, -0.2) is 55.3 Å². The first-order valence-corrected chi connectivity index (χ1v) is 8.71. The van der Waals surface area contributed by atoms with E-state index in [1.807, 2.05) is 30.3 Å². The second-order valence-corrected chi connectivity index (χ2v) is 6.44. The minimum absolute atomic E-state index is 0.119. The molecule has 1 aliphatic heterocycles. The van der Waals surface area contributed by atoms with Crippen LogP contribution in [0.2, 0.25) is 0 Å². The Morgan fingerprint density at radius 3 is 2.79 bits per heavy atom. The Morgan fingerprint density at radius 1 is 1.25 bits per heavy atom. The summed E-state index contributed by atoms with van der Waals surface area (Å²) in [5.41, 5.74) is 6.23. The number of aromatic nitrogens is 4. The number of nitrogens with zero attached hydrogens (tertiary/aromatic N) is 5. The molecule has 1 fully saturated rings. The van der Waals surface area contributed by atoms with E-state index in [0.29, 0.717) is 18.1 Å². The van der Waals surface area contributed by atoms with Crippen LogP contribution in [0, 0.1) is 0 Å². The fourth-order valence-electron chi connectivity index (χ4n) is 2.74. The highest BCUT2D eigenvalue weighted by atomic mass is 32.2. The minimum Gasteiger partial charge on any atom is -0.368 e. The molecular formula is C15H18N6O2S. The molecule has 24 heavy (non-hydrogen) atoms. The van der Waals surface area contributed by atoms with E-state index in [1.165, 1.54) is 11.8 Å². The van der Waals surface area contributed by atoms with Gasteiger partial charge in [0.1, 0.15) is 6.04 Å². The number of nitrogens with two attached hydrogens (primary N) is 1. The van der Waals surface area contributed by atoms with Crippen molar-refractivity contribution in [3.8, 4) is 5.69 Å². The number of benzene rings is 1. The highest BCUT2D eigenvalue weighted by Gasteiger charge is 2.30. The Hall–Kier alpha value is -2.42. The van der Waals surface area contributed by atoms with Gasteiger partial charge in [-0.05, 0) is 41.8 Å². The van der Waals surface area contributed by atoms with Gasteiger partial charge in [-0.25, -0.2) is 0 Å². The summed E-state index contributed by atoms with van der Waals surface area (Å²) >= 11 is 1.25. The second-order valence-electron chi connectivity index (χ2n) is 5.50. The van der Waals surface area contributed by atoms with Crippen molar-refractivity contribution in [1.29, 1.82) is 0 Å². The summed E-state index contributed by atoms with van der Waals surface area (Å²) in [6, 6.07) is 8.96. The number of likely N-dealkylation sites (tertiary alicyclic amines) is 1. The largest absolute Gasteiger partial charge is 0.368 e. The van der Waals surface area contributed by atoms with Crippen molar-refractivity contribution >= 4 is 23.6 Å². The maximum Gasteiger partial charge on any atom is 0.240 e. The summed E-state index contributed by atoms with van der Waals surface area (Å²) in [5.74, 6) is -0.398. The van der Waals surface area contributed by atoms with Gasteiger partial charge in [-0.2, -0.15) is 4.68 Å². The zero-order chi connectivity index (χ0) is 16.9. The van der Waals surface area contributed by atoms with Crippen LogP contribution in [-0.2, 0) is 9.59 Å². The van der Waals surface area contributed by atoms with Gasteiger partial charge in [-0.3, -0.25) is 9.59 Å². The fraction of sp³-hybridized carbons (Fsp3) is 0.400. The normalized spacial score (nSPS) is 17.7. The van der Waals surface area contributed by atoms with Gasteiger partial charge in [0.2, 0.25) is 17.0 Å². The third kappa shape index (κ3) is 3.56. The predicted octanol–water partition coefficient (Wildman–Crippen LogP) is 0.621. The maximum absolute atomic E-state index is 12.5. The van der Waals surface area contributed by atoms with Crippen LogP contribution in [0.4, 0.5) is 0 Å². The van der Waals surface area contributed by atoms with E-state index in [2.05, 4.69) is 15.5 Å². The van der Waals surface area contributed by atoms with Crippen LogP contribution in [0.3, 0.4) is 0 Å². The van der Waals surface area contributed by atoms with Gasteiger partial charge in [0.15, 0.2) is 0 Å². The zero-order valence-corrected chi connectivity index (χ0v) is 13.9. The molecule has 1 aromatic heterocycles. The first-order valence-electron chi connectivity index (χ1n) is 7.72. The smallest absolute Gasteiger partial charge is 0.240 e. The number of primary amides is 1. The van der Waals surface area contributed by atoms with E-state index in [0.717, 1.165) is 18.5 Å². The molecule has 2 aromatic rings. The molecule has 1 atom stereocenters. The number of hydrogen-bond donors (Lipinski definition) is 1. The van der Waals surface area contributed by atoms with Crippen molar-refractivity contribution in [3.05, 3.63) is 30.3 Å². The van der Waals surface area contributed by atoms with Crippen LogP contribution in [0.5, 0.6) is 0 Å². The van der Waals surface area contributed by atoms with Crippen LogP contribution < -0.4 is 5.73 Å². The van der Waals surface area contributed by atoms with E-state index in [4.69, 9.17) is 5.73 Å². The first kappa shape index (κ1) is 16.4. The van der Waals surface area contributed by atoms with E-state index in [1.54, 1.807) is 9.58 Å². The van der Waals surface area contributed by atoms with Crippen LogP contribution >= 0.6 is 11.8 Å². The Morgan fingerprint density at radius 2 is 2.04 bits per heavy atom. The number of para-hydroxylation sites is 1. The lowest BCUT2D eigenvalue weighted by molar-refractivity contribution is -0.138. The minimum atomic E-state index is -0.503. The summed E-state index contributed by atoms with van der Waals surface area (Å²) < 4.78 is 1.58. The van der Waals surface area contributed by atoms with Crippen molar-refractivity contribution in [1.82, 2.24) is 25.1 Å². The molecule has 8 nitrogen and oxygen atoms in total. The van der Waals surface area contributed by atoms with Gasteiger partial charge in [0.05, 0.1) is 11.4 Å². The molecule has 3 rings (SSSR count). The van der Waals surface area contributed by atoms with Gasteiger partial charge >= 0.3 is 0 Å². The van der Waals surface area contributed by atoms with E-state index < -0.39 is 11.9 Å². The molecular weight excluding hydrogens is 328 g/mol. The number of carbonyl (C=O) groups is 2. The highest BCUT2D eigenvalue weighted by Crippen LogP contribution is 2.21. The van der Waals surface area contributed by atoms with Crippen molar-refractivity contribution in [2.45, 2.75) is 30.5 Å². The van der Waals surface area contributed by atoms with Crippen molar-refractivity contribution in [2.24, 2.45) is 5.73 Å². The Bertz CT molecular complexity index is 720. The van der Waals surface area contributed by atoms with Gasteiger partial charge in [0, 0.05) is 6.54 Å². The quantitative estimate of drug-likeness (QED) is 0.795. The molecule has 2 amide bonds. The molecule has 0 spiro atoms. The average Bonchev–Trinajstić information content (AvgIpc) is 3.09. The predicted molar refractivity (Wildman–Crippen MR) is 88.4 cm³/mol. The van der Waals surface area contributed by atoms with Crippen LogP contribution in [0.1, 0.15) is 19.3 Å². The molecule has 1 saturated heterocycles. The Balaban J connectivity index is 1.67. The molecule has 1 aromatic carbocycles. The SMILES string of the molecule is NC(=O)[C@@H]1CCCCN1C(=O)CSc1nnnn1-c1ccccc1. The molecule has 9 heteroatoms. The first-order chi connectivity index (χ1) is 11.7. The zero-order valence-electron chi connectivity index (χ0n) is 13.0. The summed E-state index contributed by atoms with van der Waals surface area (Å²) in [4.78, 5) is 25.6. The van der Waals surface area contributed by atoms with Crippen LogP contribution in [0.15, 0.2) is 35.5 Å². The van der Waals surface area contributed by atoms with E-state index >= 15 is 0 Å². The third-order valence-corrected chi connectivity index (χ3v) is 4.82. The van der Waals surface area contributed by atoms with Crippen LogP contribution in [0.25, 0.3) is 5.69 Å². The van der Waals surface area contributed by atoms with E-state index in [-0.39, 0.29) is 11.7 Å². The number of thioether (sulfide) groups is 1. The number of tetrazole rings is 1. The maximum atomic E-state index is 12.5. The second kappa shape index (κ2) is 7.43. The van der Waals surface area contributed by atoms with Gasteiger partial charge < -0.3 is 10.6 Å². The summed E-state index contributed by atoms with van der Waals surface area (Å²) in [7, 11) is 0. The molecule has 0 radical (unpaired) electrons. The van der Waals surface area contributed by atoms with E-state index in [9.17, 15) is 9.59 Å². The number of hydrogen-bond acceptors (Lipinski definition) is 6. The number of rotatable bonds is 5. The summed E-state index contributed by atoms with van der Waals surface area (Å²) in [6.07, 6.45) is 2.44. The highest BCUT2D eigenvalue weighted by molar-refractivity contribution is 7.99. The Kier molecular flexibility index (Phi) is 5.09. The molecule has 2 N–H and O–H groups in total. The van der Waals surface area contributed by atoms with Crippen molar-refractivity contribution in [2.75, 3.05) is 12.3 Å².